The Balaban J connectivity index is 2.67. The van der Waals surface area contributed by atoms with Crippen molar-refractivity contribution in [1.29, 1.82) is 0 Å². The summed E-state index contributed by atoms with van der Waals surface area (Å²) in [5.41, 5.74) is 0.935. The van der Waals surface area contributed by atoms with E-state index in [1.807, 2.05) is 0 Å². The van der Waals surface area contributed by atoms with Gasteiger partial charge in [-0.3, -0.25) is 0 Å². The smallest absolute Gasteiger partial charge is 0.375 e. The van der Waals surface area contributed by atoms with Gasteiger partial charge in [0.1, 0.15) is 5.52 Å². The average Bonchev–Trinajstić information content (AvgIpc) is 2.16. The number of halogens is 1. The van der Waals surface area contributed by atoms with E-state index < -0.39 is 5.97 Å². The third kappa shape index (κ3) is 1.49. The largest absolute Gasteiger partial charge is 0.475 e. The third-order valence-corrected chi connectivity index (χ3v) is 1.84. The lowest BCUT2D eigenvalue weighted by Gasteiger charge is -1.96. The number of carbonyl (C=O) groups is 1. The lowest BCUT2D eigenvalue weighted by molar-refractivity contribution is 0.0682. The van der Waals surface area contributed by atoms with Crippen LogP contribution < -0.4 is 0 Å². The molecular weight excluding hydrogens is 206 g/mol. The van der Waals surface area contributed by atoms with Gasteiger partial charge in [0, 0.05) is 5.02 Å². The van der Waals surface area contributed by atoms with E-state index in [1.165, 1.54) is 0 Å². The first-order chi connectivity index (χ1) is 6.66. The number of hydrogen-bond acceptors (Lipinski definition) is 4. The fourth-order valence-corrected chi connectivity index (χ4v) is 1.17. The van der Waals surface area contributed by atoms with Crippen molar-refractivity contribution in [2.24, 2.45) is 0 Å². The predicted molar refractivity (Wildman–Crippen MR) is 49.3 cm³/mol. The molecule has 0 radical (unpaired) electrons. The van der Waals surface area contributed by atoms with Crippen molar-refractivity contribution in [2.45, 2.75) is 0 Å². The molecule has 70 valence electrons. The summed E-state index contributed by atoms with van der Waals surface area (Å²) in [5, 5.41) is 16.2. The highest BCUT2D eigenvalue weighted by Crippen LogP contribution is 2.14. The van der Waals surface area contributed by atoms with Gasteiger partial charge in [-0.1, -0.05) is 11.6 Å². The fourth-order valence-electron chi connectivity index (χ4n) is 1.000. The number of aromatic nitrogens is 3. The molecule has 0 fully saturated rings. The molecule has 0 aliphatic rings. The van der Waals surface area contributed by atoms with Crippen LogP contribution in [0.1, 0.15) is 10.6 Å². The van der Waals surface area contributed by atoms with Crippen LogP contribution in [0.25, 0.3) is 11.0 Å². The molecule has 0 bridgehead atoms. The van der Waals surface area contributed by atoms with Crippen LogP contribution in [0, 0.1) is 0 Å². The van der Waals surface area contributed by atoms with Gasteiger partial charge in [0.2, 0.25) is 0 Å². The van der Waals surface area contributed by atoms with E-state index in [2.05, 4.69) is 15.2 Å². The fraction of sp³-hybridized carbons (Fsp3) is 0. The Labute approximate surface area is 83.4 Å². The van der Waals surface area contributed by atoms with E-state index in [0.717, 1.165) is 0 Å². The maximum atomic E-state index is 10.5. The molecule has 1 heterocycles. The van der Waals surface area contributed by atoms with Crippen molar-refractivity contribution < 1.29 is 9.90 Å². The number of carboxylic acid groups (broad SMARTS) is 1. The van der Waals surface area contributed by atoms with Crippen LogP contribution in [-0.2, 0) is 0 Å². The molecule has 0 saturated carbocycles. The minimum atomic E-state index is -1.20. The van der Waals surface area contributed by atoms with Crippen LogP contribution in [0.2, 0.25) is 5.02 Å². The summed E-state index contributed by atoms with van der Waals surface area (Å²) in [6, 6.07) is 4.78. The molecule has 0 spiro atoms. The average molecular weight is 210 g/mol. The van der Waals surface area contributed by atoms with Crippen molar-refractivity contribution in [2.75, 3.05) is 0 Å². The molecule has 0 aliphatic heterocycles. The highest BCUT2D eigenvalue weighted by Gasteiger charge is 2.08. The highest BCUT2D eigenvalue weighted by molar-refractivity contribution is 6.31. The number of carboxylic acids is 1. The minimum absolute atomic E-state index is 0.320. The van der Waals surface area contributed by atoms with E-state index in [1.54, 1.807) is 18.2 Å². The number of nitrogens with zero attached hydrogens (tertiary/aromatic N) is 3. The Bertz CT molecular complexity index is 515. The zero-order valence-electron chi connectivity index (χ0n) is 6.81. The van der Waals surface area contributed by atoms with Gasteiger partial charge in [-0.05, 0) is 18.2 Å². The molecule has 2 aromatic rings. The van der Waals surface area contributed by atoms with E-state index in [0.29, 0.717) is 16.1 Å². The van der Waals surface area contributed by atoms with Crippen molar-refractivity contribution in [3.63, 3.8) is 0 Å². The van der Waals surface area contributed by atoms with Gasteiger partial charge in [-0.2, -0.15) is 0 Å². The Morgan fingerprint density at radius 2 is 2.07 bits per heavy atom. The SMILES string of the molecule is O=C(O)c1nnc2cc(Cl)ccc2n1. The van der Waals surface area contributed by atoms with Gasteiger partial charge in [-0.15, -0.1) is 10.2 Å². The van der Waals surface area contributed by atoms with Gasteiger partial charge >= 0.3 is 5.97 Å². The lowest BCUT2D eigenvalue weighted by Crippen LogP contribution is -2.05. The summed E-state index contributed by atoms with van der Waals surface area (Å²) >= 11 is 5.71. The monoisotopic (exact) mass is 209 g/mol. The summed E-state index contributed by atoms with van der Waals surface area (Å²) in [6.07, 6.45) is 0. The Morgan fingerprint density at radius 3 is 2.79 bits per heavy atom. The number of hydrogen-bond donors (Lipinski definition) is 1. The van der Waals surface area contributed by atoms with Crippen LogP contribution in [0.3, 0.4) is 0 Å². The number of fused-ring (bicyclic) bond motifs is 1. The molecule has 5 nitrogen and oxygen atoms in total. The molecule has 0 aliphatic carbocycles. The molecule has 2 rings (SSSR count). The molecule has 1 aromatic heterocycles. The molecule has 0 unspecified atom stereocenters. The molecular formula is C8H4ClN3O2. The summed E-state index contributed by atoms with van der Waals surface area (Å²) in [4.78, 5) is 14.3. The molecule has 6 heteroatoms. The van der Waals surface area contributed by atoms with Crippen molar-refractivity contribution in [1.82, 2.24) is 15.2 Å². The highest BCUT2D eigenvalue weighted by atomic mass is 35.5. The predicted octanol–water partition coefficient (Wildman–Crippen LogP) is 1.38. The van der Waals surface area contributed by atoms with E-state index in [4.69, 9.17) is 16.7 Å². The first kappa shape index (κ1) is 8.83. The standard InChI is InChI=1S/C8H4ClN3O2/c9-4-1-2-5-6(3-4)11-12-7(10-5)8(13)14/h1-3H,(H,13,14). The van der Waals surface area contributed by atoms with E-state index in [9.17, 15) is 4.79 Å². The normalized spacial score (nSPS) is 10.4. The molecule has 14 heavy (non-hydrogen) atoms. The maximum Gasteiger partial charge on any atom is 0.375 e. The first-order valence-corrected chi connectivity index (χ1v) is 4.08. The Kier molecular flexibility index (Phi) is 2.01. The first-order valence-electron chi connectivity index (χ1n) is 3.70. The molecule has 0 amide bonds. The zero-order chi connectivity index (χ0) is 10.1. The lowest BCUT2D eigenvalue weighted by atomic mass is 10.3. The second-order valence-corrected chi connectivity index (χ2v) is 3.01. The topological polar surface area (TPSA) is 76.0 Å². The number of rotatable bonds is 1. The van der Waals surface area contributed by atoms with Gasteiger partial charge in [-0.25, -0.2) is 9.78 Å². The molecule has 0 saturated heterocycles. The maximum absolute atomic E-state index is 10.5. The van der Waals surface area contributed by atoms with Crippen LogP contribution >= 0.6 is 11.6 Å². The van der Waals surface area contributed by atoms with E-state index >= 15 is 0 Å². The van der Waals surface area contributed by atoms with Gasteiger partial charge < -0.3 is 5.11 Å². The summed E-state index contributed by atoms with van der Waals surface area (Å²) < 4.78 is 0. The second kappa shape index (κ2) is 3.19. The van der Waals surface area contributed by atoms with Crippen molar-refractivity contribution in [3.8, 4) is 0 Å². The van der Waals surface area contributed by atoms with Crippen molar-refractivity contribution in [3.05, 3.63) is 29.0 Å². The van der Waals surface area contributed by atoms with Gasteiger partial charge in [0.05, 0.1) is 5.52 Å². The number of benzene rings is 1. The second-order valence-electron chi connectivity index (χ2n) is 2.57. The quantitative estimate of drug-likeness (QED) is 0.768. The Hall–Kier alpha value is -1.75. The van der Waals surface area contributed by atoms with Crippen molar-refractivity contribution >= 4 is 28.6 Å². The van der Waals surface area contributed by atoms with E-state index in [-0.39, 0.29) is 5.82 Å². The molecule has 1 aromatic carbocycles. The molecule has 1 N–H and O–H groups in total. The summed E-state index contributed by atoms with van der Waals surface area (Å²) in [7, 11) is 0. The van der Waals surface area contributed by atoms with Crippen LogP contribution in [0.5, 0.6) is 0 Å². The minimum Gasteiger partial charge on any atom is -0.475 e. The van der Waals surface area contributed by atoms with Crippen LogP contribution in [0.15, 0.2) is 18.2 Å². The van der Waals surface area contributed by atoms with Crippen LogP contribution in [0.4, 0.5) is 0 Å². The number of aromatic carboxylic acids is 1. The van der Waals surface area contributed by atoms with Gasteiger partial charge in [0.15, 0.2) is 0 Å². The third-order valence-electron chi connectivity index (χ3n) is 1.61. The zero-order valence-corrected chi connectivity index (χ0v) is 7.56. The Morgan fingerprint density at radius 1 is 1.29 bits per heavy atom. The van der Waals surface area contributed by atoms with Gasteiger partial charge in [0.25, 0.3) is 5.82 Å². The summed E-state index contributed by atoms with van der Waals surface area (Å²) in [6.45, 7) is 0. The molecule has 0 atom stereocenters. The summed E-state index contributed by atoms with van der Waals surface area (Å²) in [5.74, 6) is -1.52. The van der Waals surface area contributed by atoms with Crippen LogP contribution in [-0.4, -0.2) is 26.3 Å².